The second-order valence-electron chi connectivity index (χ2n) is 5.53. The highest BCUT2D eigenvalue weighted by atomic mass is 32.2. The minimum Gasteiger partial charge on any atom is -0.496 e. The Labute approximate surface area is 156 Å². The number of thiocarbonyl (C=S) groups is 1. The number of thioether (sulfide) groups is 1. The van der Waals surface area contributed by atoms with Gasteiger partial charge in [-0.2, -0.15) is 0 Å². The van der Waals surface area contributed by atoms with E-state index in [4.69, 9.17) is 17.0 Å². The Hall–Kier alpha value is -2.31. The highest BCUT2D eigenvalue weighted by Gasteiger charge is 2.26. The zero-order chi connectivity index (χ0) is 17.8. The van der Waals surface area contributed by atoms with Crippen LogP contribution in [0.15, 0.2) is 59.1 Å². The van der Waals surface area contributed by atoms with Gasteiger partial charge in [-0.05, 0) is 42.1 Å². The van der Waals surface area contributed by atoms with Crippen molar-refractivity contribution in [2.24, 2.45) is 0 Å². The Morgan fingerprint density at radius 2 is 2.00 bits per heavy atom. The number of carbonyl (C=O) groups excluding carboxylic acids is 1. The third kappa shape index (κ3) is 4.03. The molecule has 1 aliphatic heterocycles. The van der Waals surface area contributed by atoms with Gasteiger partial charge in [0, 0.05) is 23.3 Å². The molecule has 0 aliphatic carbocycles. The average Bonchev–Trinajstić information content (AvgIpc) is 2.88. The van der Waals surface area contributed by atoms with Crippen LogP contribution in [0.25, 0.3) is 6.08 Å². The van der Waals surface area contributed by atoms with Crippen LogP contribution in [0.3, 0.4) is 0 Å². The highest BCUT2D eigenvalue weighted by molar-refractivity contribution is 7.98. The molecule has 128 valence electrons. The lowest BCUT2D eigenvalue weighted by Gasteiger charge is -2.10. The number of hydrogen-bond acceptors (Lipinski definition) is 4. The molecule has 6 heteroatoms. The monoisotopic (exact) mass is 370 g/mol. The van der Waals surface area contributed by atoms with Crippen molar-refractivity contribution in [3.63, 3.8) is 0 Å². The summed E-state index contributed by atoms with van der Waals surface area (Å²) < 4.78 is 5.52. The van der Waals surface area contributed by atoms with Crippen molar-refractivity contribution in [3.8, 4) is 5.75 Å². The molecule has 0 spiro atoms. The number of methoxy groups -OCH3 is 1. The standard InChI is InChI=1S/C19H18N2O2S2/c1-21-18(22)16(20-19(21)24)10-13-8-9-14(17(11-13)23-2)12-25-15-6-4-3-5-7-15/h3-11H,12H2,1-2H3,(H,20,24)/b16-10+. The number of ether oxygens (including phenoxy) is 1. The second-order valence-corrected chi connectivity index (χ2v) is 6.96. The molecule has 0 bridgehead atoms. The number of benzene rings is 2. The van der Waals surface area contributed by atoms with E-state index >= 15 is 0 Å². The summed E-state index contributed by atoms with van der Waals surface area (Å²) in [5.41, 5.74) is 2.47. The fraction of sp³-hybridized carbons (Fsp3) is 0.158. The van der Waals surface area contributed by atoms with Gasteiger partial charge in [0.25, 0.3) is 5.91 Å². The van der Waals surface area contributed by atoms with Crippen molar-refractivity contribution >= 4 is 41.1 Å². The molecule has 1 N–H and O–H groups in total. The molecular weight excluding hydrogens is 352 g/mol. The summed E-state index contributed by atoms with van der Waals surface area (Å²) in [5, 5.41) is 3.34. The van der Waals surface area contributed by atoms with Crippen molar-refractivity contribution in [3.05, 3.63) is 65.4 Å². The fourth-order valence-electron chi connectivity index (χ4n) is 2.44. The summed E-state index contributed by atoms with van der Waals surface area (Å²) in [4.78, 5) is 14.7. The Kier molecular flexibility index (Phi) is 5.40. The summed E-state index contributed by atoms with van der Waals surface area (Å²) in [6.07, 6.45) is 1.79. The maximum atomic E-state index is 12.1. The smallest absolute Gasteiger partial charge is 0.276 e. The van der Waals surface area contributed by atoms with E-state index in [1.54, 1.807) is 32.0 Å². The van der Waals surface area contributed by atoms with Crippen molar-refractivity contribution in [1.82, 2.24) is 10.2 Å². The first-order valence-electron chi connectivity index (χ1n) is 7.74. The van der Waals surface area contributed by atoms with E-state index in [1.807, 2.05) is 36.4 Å². The molecule has 1 aliphatic rings. The van der Waals surface area contributed by atoms with Crippen LogP contribution in [0.1, 0.15) is 11.1 Å². The summed E-state index contributed by atoms with van der Waals surface area (Å²) >= 11 is 6.85. The quantitative estimate of drug-likeness (QED) is 0.494. The van der Waals surface area contributed by atoms with Gasteiger partial charge in [-0.1, -0.05) is 30.3 Å². The van der Waals surface area contributed by atoms with Crippen LogP contribution in [0, 0.1) is 0 Å². The largest absolute Gasteiger partial charge is 0.496 e. The second kappa shape index (κ2) is 7.72. The minimum atomic E-state index is -0.132. The average molecular weight is 370 g/mol. The summed E-state index contributed by atoms with van der Waals surface area (Å²) in [7, 11) is 3.31. The molecule has 1 amide bonds. The molecule has 2 aromatic rings. The zero-order valence-corrected chi connectivity index (χ0v) is 15.6. The van der Waals surface area contributed by atoms with E-state index < -0.39 is 0 Å². The topological polar surface area (TPSA) is 41.6 Å². The Bertz CT molecular complexity index is 835. The highest BCUT2D eigenvalue weighted by Crippen LogP contribution is 2.29. The zero-order valence-electron chi connectivity index (χ0n) is 14.0. The molecule has 25 heavy (non-hydrogen) atoms. The number of amides is 1. The maximum Gasteiger partial charge on any atom is 0.276 e. The molecule has 1 heterocycles. The lowest BCUT2D eigenvalue weighted by Crippen LogP contribution is -2.25. The van der Waals surface area contributed by atoms with E-state index in [0.29, 0.717) is 10.8 Å². The van der Waals surface area contributed by atoms with Gasteiger partial charge in [0.1, 0.15) is 11.4 Å². The molecule has 0 aromatic heterocycles. The normalized spacial score (nSPS) is 15.6. The number of nitrogens with one attached hydrogen (secondary N) is 1. The third-order valence-electron chi connectivity index (χ3n) is 3.84. The van der Waals surface area contributed by atoms with Gasteiger partial charge in [0.15, 0.2) is 5.11 Å². The van der Waals surface area contributed by atoms with Crippen LogP contribution in [0.5, 0.6) is 5.75 Å². The first-order chi connectivity index (χ1) is 12.1. The van der Waals surface area contributed by atoms with Crippen LogP contribution in [0.2, 0.25) is 0 Å². The molecule has 0 unspecified atom stereocenters. The Morgan fingerprint density at radius 1 is 1.24 bits per heavy atom. The van der Waals surface area contributed by atoms with Gasteiger partial charge >= 0.3 is 0 Å². The van der Waals surface area contributed by atoms with Crippen LogP contribution >= 0.6 is 24.0 Å². The first kappa shape index (κ1) is 17.5. The van der Waals surface area contributed by atoms with Crippen molar-refractivity contribution in [2.75, 3.05) is 14.2 Å². The lowest BCUT2D eigenvalue weighted by molar-refractivity contribution is -0.121. The molecule has 0 radical (unpaired) electrons. The van der Waals surface area contributed by atoms with Gasteiger partial charge in [-0.15, -0.1) is 11.8 Å². The molecule has 0 atom stereocenters. The predicted octanol–water partition coefficient (Wildman–Crippen LogP) is 3.67. The molecular formula is C19H18N2O2S2. The maximum absolute atomic E-state index is 12.1. The number of likely N-dealkylation sites (N-methyl/N-ethyl adjacent to an activating group) is 1. The molecule has 1 saturated heterocycles. The van der Waals surface area contributed by atoms with E-state index in [1.165, 1.54) is 9.80 Å². The number of hydrogen-bond donors (Lipinski definition) is 1. The molecule has 4 nitrogen and oxygen atoms in total. The van der Waals surface area contributed by atoms with Crippen LogP contribution < -0.4 is 10.1 Å². The number of carbonyl (C=O) groups is 1. The first-order valence-corrected chi connectivity index (χ1v) is 9.13. The van der Waals surface area contributed by atoms with Gasteiger partial charge in [-0.3, -0.25) is 9.69 Å². The Morgan fingerprint density at radius 3 is 2.64 bits per heavy atom. The van der Waals surface area contributed by atoms with E-state index in [0.717, 1.165) is 22.6 Å². The van der Waals surface area contributed by atoms with E-state index in [-0.39, 0.29) is 5.91 Å². The lowest BCUT2D eigenvalue weighted by atomic mass is 10.1. The van der Waals surface area contributed by atoms with Crippen molar-refractivity contribution in [1.29, 1.82) is 0 Å². The van der Waals surface area contributed by atoms with E-state index in [2.05, 4.69) is 17.4 Å². The third-order valence-corrected chi connectivity index (χ3v) is 5.28. The van der Waals surface area contributed by atoms with Gasteiger partial charge in [0.05, 0.1) is 7.11 Å². The SMILES string of the molecule is COc1cc(/C=C2/NC(=S)N(C)C2=O)ccc1CSc1ccccc1. The number of nitrogens with zero attached hydrogens (tertiary/aromatic N) is 1. The molecule has 0 saturated carbocycles. The van der Waals surface area contributed by atoms with Crippen LogP contribution in [0.4, 0.5) is 0 Å². The van der Waals surface area contributed by atoms with Crippen molar-refractivity contribution < 1.29 is 9.53 Å². The summed E-state index contributed by atoms with van der Waals surface area (Å²) in [6.45, 7) is 0. The van der Waals surface area contributed by atoms with Crippen LogP contribution in [-0.2, 0) is 10.5 Å². The van der Waals surface area contributed by atoms with Gasteiger partial charge < -0.3 is 10.1 Å². The summed E-state index contributed by atoms with van der Waals surface area (Å²) in [5.74, 6) is 1.49. The molecule has 1 fully saturated rings. The predicted molar refractivity (Wildman–Crippen MR) is 105 cm³/mol. The van der Waals surface area contributed by atoms with Gasteiger partial charge in [-0.25, -0.2) is 0 Å². The molecule has 3 rings (SSSR count). The molecule has 2 aromatic carbocycles. The van der Waals surface area contributed by atoms with E-state index in [9.17, 15) is 4.79 Å². The summed E-state index contributed by atoms with van der Waals surface area (Å²) in [6, 6.07) is 16.2. The van der Waals surface area contributed by atoms with Crippen molar-refractivity contribution in [2.45, 2.75) is 10.6 Å². The van der Waals surface area contributed by atoms with Gasteiger partial charge in [0.2, 0.25) is 0 Å². The minimum absolute atomic E-state index is 0.132. The number of rotatable bonds is 5. The Balaban J connectivity index is 1.78. The van der Waals surface area contributed by atoms with Crippen LogP contribution in [-0.4, -0.2) is 30.1 Å². The fourth-order valence-corrected chi connectivity index (χ4v) is 3.54.